The Balaban J connectivity index is 1.68. The van der Waals surface area contributed by atoms with Crippen LogP contribution in [0.5, 0.6) is 0 Å². The van der Waals surface area contributed by atoms with Crippen LogP contribution in [0.2, 0.25) is 0 Å². The quantitative estimate of drug-likeness (QED) is 0.411. The fourth-order valence-electron chi connectivity index (χ4n) is 3.18. The first-order chi connectivity index (χ1) is 13.8. The lowest BCUT2D eigenvalue weighted by atomic mass is 9.92. The van der Waals surface area contributed by atoms with Crippen molar-refractivity contribution in [2.24, 2.45) is 10.8 Å². The number of hydrogen-bond acceptors (Lipinski definition) is 6. The number of imide groups is 2. The van der Waals surface area contributed by atoms with Crippen molar-refractivity contribution in [2.75, 3.05) is 26.2 Å². The third-order valence-corrected chi connectivity index (χ3v) is 4.91. The molecular formula is C20H26N4O6. The molecule has 2 saturated heterocycles. The van der Waals surface area contributed by atoms with Crippen molar-refractivity contribution in [2.45, 2.75) is 40.5 Å². The molecule has 0 radical (unpaired) electrons. The van der Waals surface area contributed by atoms with E-state index in [-0.39, 0.29) is 62.6 Å². The molecule has 0 bridgehead atoms. The van der Waals surface area contributed by atoms with E-state index in [2.05, 4.69) is 22.5 Å². The van der Waals surface area contributed by atoms with Crippen molar-refractivity contribution in [1.82, 2.24) is 20.4 Å². The van der Waals surface area contributed by atoms with E-state index in [0.29, 0.717) is 0 Å². The van der Waals surface area contributed by atoms with Crippen molar-refractivity contribution in [1.29, 1.82) is 0 Å². The molecule has 2 aliphatic rings. The molecule has 2 N–H and O–H groups in total. The molecule has 0 spiro atoms. The molecule has 0 unspecified atom stereocenters. The largest absolute Gasteiger partial charge is 0.344 e. The molecule has 10 heteroatoms. The SMILES string of the molecule is CC1(C)CC(=O)N(CC(=O)NCC#CCNC(=O)CN2C(=O)CC(C)(C)C2=O)C1=O. The summed E-state index contributed by atoms with van der Waals surface area (Å²) in [6.45, 7) is 5.87. The number of amides is 6. The van der Waals surface area contributed by atoms with Crippen LogP contribution in [0, 0.1) is 22.7 Å². The zero-order valence-corrected chi connectivity index (χ0v) is 17.6. The Kier molecular flexibility index (Phi) is 6.65. The number of nitrogens with one attached hydrogen (secondary N) is 2. The second-order valence-electron chi connectivity index (χ2n) is 8.60. The predicted octanol–water partition coefficient (Wildman–Crippen LogP) is -1.21. The van der Waals surface area contributed by atoms with Gasteiger partial charge in [-0.15, -0.1) is 0 Å². The lowest BCUT2D eigenvalue weighted by molar-refractivity contribution is -0.144. The van der Waals surface area contributed by atoms with E-state index in [0.717, 1.165) is 9.80 Å². The van der Waals surface area contributed by atoms with E-state index >= 15 is 0 Å². The second-order valence-corrected chi connectivity index (χ2v) is 8.60. The fourth-order valence-corrected chi connectivity index (χ4v) is 3.18. The van der Waals surface area contributed by atoms with Gasteiger partial charge in [0.15, 0.2) is 0 Å². The molecule has 2 fully saturated rings. The summed E-state index contributed by atoms with van der Waals surface area (Å²) < 4.78 is 0. The molecular weight excluding hydrogens is 392 g/mol. The van der Waals surface area contributed by atoms with Crippen molar-refractivity contribution in [3.63, 3.8) is 0 Å². The molecule has 0 aromatic carbocycles. The zero-order chi connectivity index (χ0) is 22.7. The van der Waals surface area contributed by atoms with Gasteiger partial charge in [0.05, 0.1) is 23.9 Å². The van der Waals surface area contributed by atoms with Gasteiger partial charge < -0.3 is 10.6 Å². The number of rotatable bonds is 6. The van der Waals surface area contributed by atoms with Gasteiger partial charge in [-0.05, 0) is 0 Å². The molecule has 6 amide bonds. The minimum Gasteiger partial charge on any atom is -0.344 e. The van der Waals surface area contributed by atoms with Gasteiger partial charge in [0.25, 0.3) is 0 Å². The minimum absolute atomic E-state index is 0.0222. The molecule has 10 nitrogen and oxygen atoms in total. The van der Waals surface area contributed by atoms with Crippen LogP contribution in [-0.2, 0) is 28.8 Å². The number of hydrogen-bond donors (Lipinski definition) is 2. The maximum atomic E-state index is 12.1. The smallest absolute Gasteiger partial charge is 0.240 e. The van der Waals surface area contributed by atoms with E-state index in [1.165, 1.54) is 0 Å². The van der Waals surface area contributed by atoms with Crippen LogP contribution < -0.4 is 10.6 Å². The van der Waals surface area contributed by atoms with Gasteiger partial charge in [-0.25, -0.2) is 0 Å². The van der Waals surface area contributed by atoms with Gasteiger partial charge in [-0.3, -0.25) is 38.6 Å². The third kappa shape index (κ3) is 5.23. The summed E-state index contributed by atoms with van der Waals surface area (Å²) in [6.07, 6.45) is 0.148. The Bertz CT molecular complexity index is 796. The molecule has 162 valence electrons. The average Bonchev–Trinajstić information content (AvgIpc) is 2.94. The van der Waals surface area contributed by atoms with Crippen molar-refractivity contribution in [3.8, 4) is 11.8 Å². The van der Waals surface area contributed by atoms with E-state index < -0.39 is 22.6 Å². The Morgan fingerprint density at radius 3 is 1.37 bits per heavy atom. The first-order valence-electron chi connectivity index (χ1n) is 9.54. The van der Waals surface area contributed by atoms with Gasteiger partial charge >= 0.3 is 0 Å². The molecule has 0 atom stereocenters. The Hall–Kier alpha value is -3.22. The fraction of sp³-hybridized carbons (Fsp3) is 0.600. The Labute approximate surface area is 174 Å². The summed E-state index contributed by atoms with van der Waals surface area (Å²) in [4.78, 5) is 73.4. The maximum Gasteiger partial charge on any atom is 0.240 e. The molecule has 0 saturated carbocycles. The highest BCUT2D eigenvalue weighted by Crippen LogP contribution is 2.32. The van der Waals surface area contributed by atoms with Crippen LogP contribution in [0.25, 0.3) is 0 Å². The number of nitrogens with zero attached hydrogens (tertiary/aromatic N) is 2. The van der Waals surface area contributed by atoms with Gasteiger partial charge in [0.1, 0.15) is 13.1 Å². The van der Waals surface area contributed by atoms with Crippen LogP contribution in [0.3, 0.4) is 0 Å². The highest BCUT2D eigenvalue weighted by molar-refractivity contribution is 6.08. The van der Waals surface area contributed by atoms with E-state index in [9.17, 15) is 28.8 Å². The number of likely N-dealkylation sites (tertiary alicyclic amines) is 2. The molecule has 0 aromatic heterocycles. The van der Waals surface area contributed by atoms with Crippen molar-refractivity contribution < 1.29 is 28.8 Å². The predicted molar refractivity (Wildman–Crippen MR) is 104 cm³/mol. The third-order valence-electron chi connectivity index (χ3n) is 4.91. The molecule has 2 heterocycles. The molecule has 0 aromatic rings. The highest BCUT2D eigenvalue weighted by atomic mass is 16.2. The van der Waals surface area contributed by atoms with Crippen LogP contribution in [-0.4, -0.2) is 71.4 Å². The van der Waals surface area contributed by atoms with Crippen LogP contribution in [0.4, 0.5) is 0 Å². The summed E-state index contributed by atoms with van der Waals surface area (Å²) in [7, 11) is 0. The Morgan fingerprint density at radius 1 is 0.767 bits per heavy atom. The van der Waals surface area contributed by atoms with Gasteiger partial charge in [0, 0.05) is 12.8 Å². The zero-order valence-electron chi connectivity index (χ0n) is 17.6. The van der Waals surface area contributed by atoms with Crippen LogP contribution in [0.15, 0.2) is 0 Å². The second kappa shape index (κ2) is 8.65. The minimum atomic E-state index is -0.796. The van der Waals surface area contributed by atoms with Gasteiger partial charge in [0.2, 0.25) is 35.4 Å². The van der Waals surface area contributed by atoms with Crippen molar-refractivity contribution in [3.05, 3.63) is 0 Å². The lowest BCUT2D eigenvalue weighted by Gasteiger charge is -2.17. The summed E-state index contributed by atoms with van der Waals surface area (Å²) in [6, 6.07) is 0. The van der Waals surface area contributed by atoms with Gasteiger partial charge in [-0.1, -0.05) is 39.5 Å². The normalized spacial score (nSPS) is 19.6. The summed E-state index contributed by atoms with van der Waals surface area (Å²) in [5, 5.41) is 4.95. The number of carbonyl (C=O) groups is 6. The number of carbonyl (C=O) groups excluding carboxylic acids is 6. The first kappa shape index (κ1) is 23.1. The van der Waals surface area contributed by atoms with Gasteiger partial charge in [-0.2, -0.15) is 0 Å². The Morgan fingerprint density at radius 2 is 1.10 bits per heavy atom. The standard InChI is InChI=1S/C20H26N4O6/c1-19(2)9-15(27)23(17(19)29)11-13(25)21-7-5-6-8-22-14(26)12-24-16(28)10-20(3,4)18(24)30/h7-12H2,1-4H3,(H,21,25)(H,22,26). The summed E-state index contributed by atoms with van der Waals surface area (Å²) in [5.74, 6) is 2.70. The molecule has 2 aliphatic heterocycles. The summed E-state index contributed by atoms with van der Waals surface area (Å²) in [5.41, 5.74) is -1.59. The average molecular weight is 418 g/mol. The highest BCUT2D eigenvalue weighted by Gasteiger charge is 2.46. The maximum absolute atomic E-state index is 12.1. The van der Waals surface area contributed by atoms with E-state index in [4.69, 9.17) is 0 Å². The van der Waals surface area contributed by atoms with Crippen LogP contribution in [0.1, 0.15) is 40.5 Å². The van der Waals surface area contributed by atoms with Crippen molar-refractivity contribution >= 4 is 35.4 Å². The van der Waals surface area contributed by atoms with E-state index in [1.54, 1.807) is 27.7 Å². The first-order valence-corrected chi connectivity index (χ1v) is 9.54. The van der Waals surface area contributed by atoms with Crippen LogP contribution >= 0.6 is 0 Å². The summed E-state index contributed by atoms with van der Waals surface area (Å²) >= 11 is 0. The van der Waals surface area contributed by atoms with E-state index in [1.807, 2.05) is 0 Å². The molecule has 2 rings (SSSR count). The molecule has 0 aliphatic carbocycles. The monoisotopic (exact) mass is 418 g/mol. The topological polar surface area (TPSA) is 133 Å². The molecule has 30 heavy (non-hydrogen) atoms. The lowest BCUT2D eigenvalue weighted by Crippen LogP contribution is -2.42.